The summed E-state index contributed by atoms with van der Waals surface area (Å²) in [6.45, 7) is 5.50. The number of nitrogens with zero attached hydrogens (tertiary/aromatic N) is 2. The molecule has 3 aromatic rings. The van der Waals surface area contributed by atoms with Crippen molar-refractivity contribution in [2.45, 2.75) is 20.4 Å². The van der Waals surface area contributed by atoms with Crippen molar-refractivity contribution in [2.24, 2.45) is 5.92 Å². The number of halogens is 1. The summed E-state index contributed by atoms with van der Waals surface area (Å²) < 4.78 is 8.97. The minimum absolute atomic E-state index is 0.0497. The summed E-state index contributed by atoms with van der Waals surface area (Å²) in [6, 6.07) is 11.1. The number of ether oxygens (including phenoxy) is 1. The molecule has 0 spiro atoms. The summed E-state index contributed by atoms with van der Waals surface area (Å²) in [5.74, 6) is 0.280. The number of carboxylic acids is 1. The van der Waals surface area contributed by atoms with Crippen molar-refractivity contribution in [1.82, 2.24) is 9.55 Å². The van der Waals surface area contributed by atoms with E-state index in [1.807, 2.05) is 35.0 Å². The normalized spacial score (nSPS) is 11.2. The molecule has 3 rings (SSSR count). The van der Waals surface area contributed by atoms with Gasteiger partial charge in [-0.15, -0.1) is 0 Å². The minimum atomic E-state index is -1.02. The molecule has 5 nitrogen and oxygen atoms in total. The number of hydrogen-bond acceptors (Lipinski definition) is 3. The molecule has 2 heterocycles. The molecule has 0 amide bonds. The molecule has 6 heteroatoms. The van der Waals surface area contributed by atoms with Crippen LogP contribution in [0.2, 0.25) is 0 Å². The van der Waals surface area contributed by atoms with E-state index < -0.39 is 5.97 Å². The second-order valence-electron chi connectivity index (χ2n) is 6.31. The number of rotatable bonds is 6. The first-order valence-corrected chi connectivity index (χ1v) is 8.83. The van der Waals surface area contributed by atoms with Gasteiger partial charge in [-0.05, 0) is 42.3 Å². The second-order valence-corrected chi connectivity index (χ2v) is 7.22. The smallest absolute Gasteiger partial charge is 0.354 e. The van der Waals surface area contributed by atoms with Gasteiger partial charge in [0.25, 0.3) is 0 Å². The Morgan fingerprint density at radius 3 is 2.80 bits per heavy atom. The van der Waals surface area contributed by atoms with Crippen LogP contribution in [-0.4, -0.2) is 27.2 Å². The van der Waals surface area contributed by atoms with Gasteiger partial charge in [0.1, 0.15) is 11.4 Å². The topological polar surface area (TPSA) is 64.4 Å². The molecular formula is C19H19BrN2O3. The molecule has 0 aliphatic carbocycles. The van der Waals surface area contributed by atoms with Gasteiger partial charge in [0.15, 0.2) is 0 Å². The van der Waals surface area contributed by atoms with Gasteiger partial charge in [0.05, 0.1) is 24.2 Å². The van der Waals surface area contributed by atoms with Gasteiger partial charge in [-0.1, -0.05) is 29.8 Å². The number of aromatic nitrogens is 2. The monoisotopic (exact) mass is 402 g/mol. The molecule has 25 heavy (non-hydrogen) atoms. The summed E-state index contributed by atoms with van der Waals surface area (Å²) in [6.07, 6.45) is 1.91. The lowest BCUT2D eigenvalue weighted by Crippen LogP contribution is -2.08. The van der Waals surface area contributed by atoms with Crippen LogP contribution in [0.25, 0.3) is 11.0 Å². The molecular weight excluding hydrogens is 384 g/mol. The van der Waals surface area contributed by atoms with Crippen molar-refractivity contribution in [2.75, 3.05) is 6.61 Å². The average Bonchev–Trinajstić information content (AvgIpc) is 2.96. The average molecular weight is 403 g/mol. The number of benzene rings is 1. The first kappa shape index (κ1) is 17.5. The SMILES string of the molecule is CC(C)COc1ccc(Br)cc1Cn1ccc2nc(C(=O)O)ccc21. The van der Waals surface area contributed by atoms with Crippen LogP contribution in [-0.2, 0) is 6.54 Å². The molecule has 1 aromatic carbocycles. The van der Waals surface area contributed by atoms with Crippen molar-refractivity contribution < 1.29 is 14.6 Å². The highest BCUT2D eigenvalue weighted by Gasteiger charge is 2.11. The molecule has 0 bridgehead atoms. The minimum Gasteiger partial charge on any atom is -0.493 e. The van der Waals surface area contributed by atoms with E-state index in [9.17, 15) is 4.79 Å². The highest BCUT2D eigenvalue weighted by Crippen LogP contribution is 2.26. The summed E-state index contributed by atoms with van der Waals surface area (Å²) in [5.41, 5.74) is 2.66. The molecule has 0 saturated heterocycles. The van der Waals surface area contributed by atoms with E-state index in [4.69, 9.17) is 9.84 Å². The standard InChI is InChI=1S/C19H19BrN2O3/c1-12(2)11-25-18-6-3-14(20)9-13(18)10-22-8-7-15-17(22)5-4-16(21-15)19(23)24/h3-9,12H,10-11H2,1-2H3,(H,23,24). The van der Waals surface area contributed by atoms with Crippen LogP contribution < -0.4 is 4.74 Å². The van der Waals surface area contributed by atoms with Crippen LogP contribution >= 0.6 is 15.9 Å². The van der Waals surface area contributed by atoms with Gasteiger partial charge in [0.2, 0.25) is 0 Å². The van der Waals surface area contributed by atoms with Gasteiger partial charge in [-0.3, -0.25) is 0 Å². The molecule has 0 fully saturated rings. The fraction of sp³-hybridized carbons (Fsp3) is 0.263. The van der Waals surface area contributed by atoms with Crippen molar-refractivity contribution in [3.05, 3.63) is 58.3 Å². The fourth-order valence-corrected chi connectivity index (χ4v) is 2.99. The quantitative estimate of drug-likeness (QED) is 0.655. The number of aromatic carboxylic acids is 1. The molecule has 2 aromatic heterocycles. The van der Waals surface area contributed by atoms with Crippen LogP contribution in [0.15, 0.2) is 47.1 Å². The third-order valence-electron chi connectivity index (χ3n) is 3.78. The van der Waals surface area contributed by atoms with E-state index in [0.29, 0.717) is 24.6 Å². The molecule has 0 radical (unpaired) electrons. The zero-order valence-corrected chi connectivity index (χ0v) is 15.7. The molecule has 0 saturated carbocycles. The Bertz CT molecular complexity index is 918. The lowest BCUT2D eigenvalue weighted by molar-refractivity contribution is 0.0691. The van der Waals surface area contributed by atoms with Gasteiger partial charge in [-0.2, -0.15) is 0 Å². The van der Waals surface area contributed by atoms with Crippen LogP contribution in [0.3, 0.4) is 0 Å². The Morgan fingerprint density at radius 1 is 1.28 bits per heavy atom. The number of carbonyl (C=O) groups is 1. The van der Waals surface area contributed by atoms with Crippen LogP contribution in [0.1, 0.15) is 29.9 Å². The van der Waals surface area contributed by atoms with Gasteiger partial charge < -0.3 is 14.4 Å². The van der Waals surface area contributed by atoms with Gasteiger partial charge >= 0.3 is 5.97 Å². The summed E-state index contributed by atoms with van der Waals surface area (Å²) in [5, 5.41) is 9.07. The van der Waals surface area contributed by atoms with Crippen molar-refractivity contribution >= 4 is 32.9 Å². The molecule has 0 unspecified atom stereocenters. The Labute approximate surface area is 154 Å². The van der Waals surface area contributed by atoms with Gasteiger partial charge in [0, 0.05) is 16.2 Å². The Hall–Kier alpha value is -2.34. The van der Waals surface area contributed by atoms with E-state index in [2.05, 4.69) is 34.8 Å². The van der Waals surface area contributed by atoms with E-state index in [-0.39, 0.29) is 5.69 Å². The maximum Gasteiger partial charge on any atom is 0.354 e. The summed E-state index contributed by atoms with van der Waals surface area (Å²) >= 11 is 3.51. The van der Waals surface area contributed by atoms with Crippen molar-refractivity contribution in [1.29, 1.82) is 0 Å². The Kier molecular flexibility index (Phi) is 5.08. The largest absolute Gasteiger partial charge is 0.493 e. The lowest BCUT2D eigenvalue weighted by atomic mass is 10.2. The zero-order chi connectivity index (χ0) is 18.0. The second kappa shape index (κ2) is 7.27. The third-order valence-corrected chi connectivity index (χ3v) is 4.27. The van der Waals surface area contributed by atoms with Crippen LogP contribution in [0.4, 0.5) is 0 Å². The highest BCUT2D eigenvalue weighted by molar-refractivity contribution is 9.10. The molecule has 1 N–H and O–H groups in total. The van der Waals surface area contributed by atoms with Crippen LogP contribution in [0.5, 0.6) is 5.75 Å². The molecule has 0 aliphatic heterocycles. The third kappa shape index (κ3) is 4.02. The van der Waals surface area contributed by atoms with E-state index >= 15 is 0 Å². The first-order chi connectivity index (χ1) is 11.9. The first-order valence-electron chi connectivity index (χ1n) is 8.04. The summed E-state index contributed by atoms with van der Waals surface area (Å²) in [7, 11) is 0. The predicted molar refractivity (Wildman–Crippen MR) is 100 cm³/mol. The molecule has 0 aliphatic rings. The van der Waals surface area contributed by atoms with Crippen molar-refractivity contribution in [3.63, 3.8) is 0 Å². The maximum atomic E-state index is 11.1. The molecule has 0 atom stereocenters. The molecule has 130 valence electrons. The van der Waals surface area contributed by atoms with E-state index in [1.54, 1.807) is 6.07 Å². The lowest BCUT2D eigenvalue weighted by Gasteiger charge is -2.15. The number of carboxylic acid groups (broad SMARTS) is 1. The highest BCUT2D eigenvalue weighted by atomic mass is 79.9. The van der Waals surface area contributed by atoms with E-state index in [1.165, 1.54) is 6.07 Å². The Balaban J connectivity index is 1.93. The number of fused-ring (bicyclic) bond motifs is 1. The van der Waals surface area contributed by atoms with Crippen LogP contribution in [0, 0.1) is 5.92 Å². The number of hydrogen-bond donors (Lipinski definition) is 1. The Morgan fingerprint density at radius 2 is 2.08 bits per heavy atom. The van der Waals surface area contributed by atoms with Gasteiger partial charge in [-0.25, -0.2) is 9.78 Å². The predicted octanol–water partition coefficient (Wildman–Crippen LogP) is 4.58. The summed E-state index contributed by atoms with van der Waals surface area (Å²) in [4.78, 5) is 15.2. The van der Waals surface area contributed by atoms with Crippen molar-refractivity contribution in [3.8, 4) is 5.75 Å². The van der Waals surface area contributed by atoms with E-state index in [0.717, 1.165) is 21.3 Å². The number of pyridine rings is 1. The fourth-order valence-electron chi connectivity index (χ4n) is 2.58. The maximum absolute atomic E-state index is 11.1. The zero-order valence-electron chi connectivity index (χ0n) is 14.1.